The highest BCUT2D eigenvalue weighted by molar-refractivity contribution is 7.99. The number of rotatable bonds is 5. The maximum Gasteiger partial charge on any atom is 0.271 e. The Morgan fingerprint density at radius 2 is 1.72 bits per heavy atom. The Bertz CT molecular complexity index is 1480. The van der Waals surface area contributed by atoms with Crippen LogP contribution in [0.1, 0.15) is 16.8 Å². The van der Waals surface area contributed by atoms with Crippen LogP contribution in [-0.2, 0) is 0 Å². The summed E-state index contributed by atoms with van der Waals surface area (Å²) >= 11 is 1.44. The molecule has 0 unspecified atom stereocenters. The molecule has 160 valence electrons. The zero-order valence-electron chi connectivity index (χ0n) is 17.8. The van der Waals surface area contributed by atoms with Crippen molar-refractivity contribution >= 4 is 34.3 Å². The van der Waals surface area contributed by atoms with E-state index in [0.717, 1.165) is 38.5 Å². The van der Waals surface area contributed by atoms with Crippen molar-refractivity contribution in [3.63, 3.8) is 0 Å². The lowest BCUT2D eigenvalue weighted by atomic mass is 10.00. The first kappa shape index (κ1) is 20.1. The highest BCUT2D eigenvalue weighted by Gasteiger charge is 2.14. The van der Waals surface area contributed by atoms with Crippen LogP contribution in [0.25, 0.3) is 22.2 Å². The molecule has 0 saturated heterocycles. The first-order chi connectivity index (χ1) is 15.5. The summed E-state index contributed by atoms with van der Waals surface area (Å²) in [5.74, 6) is 1.35. The molecule has 8 nitrogen and oxygen atoms in total. The largest absolute Gasteiger partial charge is 0.323 e. The predicted molar refractivity (Wildman–Crippen MR) is 127 cm³/mol. The number of aromatic nitrogens is 6. The highest BCUT2D eigenvalue weighted by Crippen LogP contribution is 2.33. The Morgan fingerprint density at radius 1 is 0.906 bits per heavy atom. The van der Waals surface area contributed by atoms with Gasteiger partial charge in [-0.3, -0.25) is 20.1 Å². The number of hydrogen-bond donors (Lipinski definition) is 4. The summed E-state index contributed by atoms with van der Waals surface area (Å²) in [5.41, 5.74) is 5.79. The number of fused-ring (bicyclic) bond motifs is 1. The van der Waals surface area contributed by atoms with Crippen molar-refractivity contribution in [1.29, 1.82) is 0 Å². The third kappa shape index (κ3) is 3.90. The van der Waals surface area contributed by atoms with Crippen LogP contribution >= 0.6 is 11.8 Å². The smallest absolute Gasteiger partial charge is 0.271 e. The van der Waals surface area contributed by atoms with E-state index in [1.165, 1.54) is 11.8 Å². The van der Waals surface area contributed by atoms with Crippen molar-refractivity contribution < 1.29 is 0 Å². The molecular formula is C23H21N7OS. The van der Waals surface area contributed by atoms with Crippen LogP contribution in [0.5, 0.6) is 0 Å². The molecule has 0 amide bonds. The van der Waals surface area contributed by atoms with E-state index in [9.17, 15) is 4.79 Å². The lowest BCUT2D eigenvalue weighted by Gasteiger charge is -2.12. The average Bonchev–Trinajstić information content (AvgIpc) is 3.33. The van der Waals surface area contributed by atoms with Gasteiger partial charge in [-0.15, -0.1) is 0 Å². The van der Waals surface area contributed by atoms with E-state index in [2.05, 4.69) is 51.7 Å². The molecule has 0 atom stereocenters. The topological polar surface area (TPSA) is 115 Å². The molecule has 3 heterocycles. The molecular weight excluding hydrogens is 422 g/mol. The van der Waals surface area contributed by atoms with Gasteiger partial charge in [0.2, 0.25) is 0 Å². The maximum atomic E-state index is 11.8. The van der Waals surface area contributed by atoms with E-state index < -0.39 is 0 Å². The molecule has 5 rings (SSSR count). The van der Waals surface area contributed by atoms with Crippen LogP contribution in [-0.4, -0.2) is 30.4 Å². The van der Waals surface area contributed by atoms with Gasteiger partial charge in [-0.2, -0.15) is 5.10 Å². The summed E-state index contributed by atoms with van der Waals surface area (Å²) < 4.78 is 0. The zero-order valence-corrected chi connectivity index (χ0v) is 18.6. The fourth-order valence-electron chi connectivity index (χ4n) is 3.68. The molecule has 0 aliphatic rings. The van der Waals surface area contributed by atoms with Crippen molar-refractivity contribution in [3.05, 3.63) is 75.7 Å². The Balaban J connectivity index is 1.58. The first-order valence-corrected chi connectivity index (χ1v) is 10.9. The van der Waals surface area contributed by atoms with Crippen molar-refractivity contribution in [2.75, 3.05) is 5.32 Å². The number of H-pyrrole nitrogens is 3. The van der Waals surface area contributed by atoms with Crippen molar-refractivity contribution in [1.82, 2.24) is 30.4 Å². The SMILES string of the molecule is Cc1cc(Nc2cc(-c3c(C)cccc3C)nc(Sc3ccc4c(=O)[nH][nH]c4c3)n2)n[nH]1. The van der Waals surface area contributed by atoms with E-state index >= 15 is 0 Å². The van der Waals surface area contributed by atoms with E-state index in [1.807, 2.05) is 37.3 Å². The fraction of sp³-hybridized carbons (Fsp3) is 0.130. The van der Waals surface area contributed by atoms with Gasteiger partial charge in [-0.05, 0) is 61.9 Å². The molecule has 0 aliphatic heterocycles. The Morgan fingerprint density at radius 3 is 2.47 bits per heavy atom. The zero-order chi connectivity index (χ0) is 22.2. The van der Waals surface area contributed by atoms with Crippen LogP contribution in [0.2, 0.25) is 0 Å². The van der Waals surface area contributed by atoms with Gasteiger partial charge >= 0.3 is 0 Å². The van der Waals surface area contributed by atoms with E-state index in [-0.39, 0.29) is 5.56 Å². The lowest BCUT2D eigenvalue weighted by molar-refractivity contribution is 0.971. The number of benzene rings is 2. The Labute approximate surface area is 187 Å². The van der Waals surface area contributed by atoms with Crippen LogP contribution in [0.3, 0.4) is 0 Å². The van der Waals surface area contributed by atoms with Gasteiger partial charge in [0.15, 0.2) is 11.0 Å². The molecule has 9 heteroatoms. The molecule has 0 spiro atoms. The second kappa shape index (κ2) is 8.01. The average molecular weight is 444 g/mol. The minimum atomic E-state index is -0.134. The van der Waals surface area contributed by atoms with Crippen LogP contribution < -0.4 is 10.9 Å². The maximum absolute atomic E-state index is 11.8. The monoisotopic (exact) mass is 443 g/mol. The normalized spacial score (nSPS) is 11.2. The third-order valence-corrected chi connectivity index (χ3v) is 6.02. The van der Waals surface area contributed by atoms with E-state index in [1.54, 1.807) is 6.07 Å². The van der Waals surface area contributed by atoms with Crippen molar-refractivity contribution in [2.24, 2.45) is 0 Å². The number of nitrogens with zero attached hydrogens (tertiary/aromatic N) is 3. The van der Waals surface area contributed by atoms with Gasteiger partial charge in [0.05, 0.1) is 16.6 Å². The molecule has 3 aromatic heterocycles. The summed E-state index contributed by atoms with van der Waals surface area (Å²) in [4.78, 5) is 22.3. The molecule has 32 heavy (non-hydrogen) atoms. The summed E-state index contributed by atoms with van der Waals surface area (Å²) in [6, 6.07) is 15.7. The minimum Gasteiger partial charge on any atom is -0.323 e. The number of nitrogens with one attached hydrogen (secondary N) is 4. The molecule has 4 N–H and O–H groups in total. The number of anilines is 2. The second-order valence-electron chi connectivity index (χ2n) is 7.64. The second-order valence-corrected chi connectivity index (χ2v) is 8.68. The number of aromatic amines is 3. The highest BCUT2D eigenvalue weighted by atomic mass is 32.2. The summed E-state index contributed by atoms with van der Waals surface area (Å²) in [6.07, 6.45) is 0. The standard InChI is InChI=1S/C23H21N7OS/c1-12-5-4-6-13(2)21(12)18-11-19(25-20-9-14(3)27-29-20)26-23(24-18)32-15-7-8-16-17(10-15)28-30-22(16)31/h4-11H,1-3H3,(H2,28,30,31)(H2,24,25,26,27,29). The van der Waals surface area contributed by atoms with Gasteiger partial charge < -0.3 is 5.32 Å². The molecule has 2 aromatic carbocycles. The summed E-state index contributed by atoms with van der Waals surface area (Å²) in [5, 5.41) is 17.2. The van der Waals surface area contributed by atoms with Gasteiger partial charge in [0.25, 0.3) is 5.56 Å². The van der Waals surface area contributed by atoms with Gasteiger partial charge in [0.1, 0.15) is 5.82 Å². The van der Waals surface area contributed by atoms with Crippen LogP contribution in [0, 0.1) is 20.8 Å². The molecule has 0 aliphatic carbocycles. The fourth-order valence-corrected chi connectivity index (χ4v) is 4.49. The van der Waals surface area contributed by atoms with Crippen molar-refractivity contribution in [2.45, 2.75) is 30.8 Å². The Hall–Kier alpha value is -3.85. The van der Waals surface area contributed by atoms with E-state index in [0.29, 0.717) is 22.2 Å². The van der Waals surface area contributed by atoms with Crippen molar-refractivity contribution in [3.8, 4) is 11.3 Å². The molecule has 5 aromatic rings. The molecule has 0 bridgehead atoms. The van der Waals surface area contributed by atoms with Gasteiger partial charge in [0, 0.05) is 28.3 Å². The van der Waals surface area contributed by atoms with E-state index in [4.69, 9.17) is 9.97 Å². The first-order valence-electron chi connectivity index (χ1n) is 10.1. The number of hydrogen-bond acceptors (Lipinski definition) is 6. The van der Waals surface area contributed by atoms with Crippen LogP contribution in [0.15, 0.2) is 63.4 Å². The quantitative estimate of drug-likeness (QED) is 0.289. The third-order valence-electron chi connectivity index (χ3n) is 5.16. The van der Waals surface area contributed by atoms with Crippen LogP contribution in [0.4, 0.5) is 11.6 Å². The Kier molecular flexibility index (Phi) is 5.02. The molecule has 0 saturated carbocycles. The van der Waals surface area contributed by atoms with Gasteiger partial charge in [-0.25, -0.2) is 9.97 Å². The summed E-state index contributed by atoms with van der Waals surface area (Å²) in [6.45, 7) is 6.11. The lowest BCUT2D eigenvalue weighted by Crippen LogP contribution is -2.00. The predicted octanol–water partition coefficient (Wildman–Crippen LogP) is 4.86. The number of aryl methyl sites for hydroxylation is 3. The molecule has 0 fully saturated rings. The van der Waals surface area contributed by atoms with Gasteiger partial charge in [-0.1, -0.05) is 18.2 Å². The molecule has 0 radical (unpaired) electrons. The summed E-state index contributed by atoms with van der Waals surface area (Å²) in [7, 11) is 0. The minimum absolute atomic E-state index is 0.134.